The van der Waals surface area contributed by atoms with Gasteiger partial charge < -0.3 is 5.11 Å². The van der Waals surface area contributed by atoms with Crippen LogP contribution in [0.4, 0.5) is 0 Å². The van der Waals surface area contributed by atoms with Crippen molar-refractivity contribution in [3.63, 3.8) is 0 Å². The second-order valence-electron chi connectivity index (χ2n) is 9.40. The molecule has 0 radical (unpaired) electrons. The number of rotatable bonds is 7. The Balaban J connectivity index is 1.22. The zero-order valence-corrected chi connectivity index (χ0v) is 22.3. The van der Waals surface area contributed by atoms with Crippen LogP contribution in [0.2, 0.25) is 10.0 Å². The van der Waals surface area contributed by atoms with Gasteiger partial charge in [0.15, 0.2) is 0 Å². The minimum absolute atomic E-state index is 0.0712. The van der Waals surface area contributed by atoms with Crippen LogP contribution in [-0.4, -0.2) is 53.2 Å². The van der Waals surface area contributed by atoms with Crippen molar-refractivity contribution in [1.82, 2.24) is 15.2 Å². The number of phenolic OH excluding ortho intramolecular Hbond substituents is 1. The molecule has 5 rings (SSSR count). The van der Waals surface area contributed by atoms with Crippen LogP contribution in [0.15, 0.2) is 84.0 Å². The SMILES string of the molecule is O=C(NN=Cc1ccc(CN2CCN(Cc3ccc(Cl)cc3)CC2)c2ccccc12)c1ccc(O)c(Cl)c1. The van der Waals surface area contributed by atoms with Crippen LogP contribution in [0.5, 0.6) is 5.75 Å². The summed E-state index contributed by atoms with van der Waals surface area (Å²) in [7, 11) is 0. The summed E-state index contributed by atoms with van der Waals surface area (Å²) in [4.78, 5) is 17.4. The van der Waals surface area contributed by atoms with Gasteiger partial charge in [0, 0.05) is 55.4 Å². The molecule has 0 spiro atoms. The van der Waals surface area contributed by atoms with Crippen molar-refractivity contribution < 1.29 is 9.90 Å². The molecular formula is C30H28Cl2N4O2. The number of carbonyl (C=O) groups is 1. The molecule has 1 saturated heterocycles. The standard InChI is InChI=1S/C30H28Cl2N4O2/c31-25-10-5-21(6-11-25)19-35-13-15-36(16-14-35)20-24-8-7-23(26-3-1-2-4-27(24)26)18-33-34-30(38)22-9-12-29(37)28(32)17-22/h1-12,17-18,37H,13-16,19-20H2,(H,34,38). The highest BCUT2D eigenvalue weighted by Gasteiger charge is 2.18. The van der Waals surface area contributed by atoms with Crippen molar-refractivity contribution in [2.24, 2.45) is 5.10 Å². The molecule has 0 bridgehead atoms. The van der Waals surface area contributed by atoms with E-state index in [-0.39, 0.29) is 10.8 Å². The van der Waals surface area contributed by atoms with E-state index in [9.17, 15) is 9.90 Å². The quantitative estimate of drug-likeness (QED) is 0.222. The van der Waals surface area contributed by atoms with Crippen molar-refractivity contribution >= 4 is 46.1 Å². The lowest BCUT2D eigenvalue weighted by Crippen LogP contribution is -2.45. The number of phenols is 1. The predicted molar refractivity (Wildman–Crippen MR) is 154 cm³/mol. The van der Waals surface area contributed by atoms with Crippen molar-refractivity contribution in [3.8, 4) is 5.75 Å². The van der Waals surface area contributed by atoms with E-state index < -0.39 is 5.91 Å². The number of halogens is 2. The van der Waals surface area contributed by atoms with Gasteiger partial charge in [-0.1, -0.05) is 71.7 Å². The molecule has 38 heavy (non-hydrogen) atoms. The van der Waals surface area contributed by atoms with Gasteiger partial charge in [-0.15, -0.1) is 0 Å². The fraction of sp³-hybridized carbons (Fsp3) is 0.200. The van der Waals surface area contributed by atoms with Crippen LogP contribution < -0.4 is 5.43 Å². The molecule has 4 aromatic rings. The maximum atomic E-state index is 12.4. The van der Waals surface area contributed by atoms with E-state index in [0.717, 1.165) is 55.2 Å². The van der Waals surface area contributed by atoms with E-state index in [1.54, 1.807) is 6.21 Å². The van der Waals surface area contributed by atoms with Gasteiger partial charge >= 0.3 is 0 Å². The summed E-state index contributed by atoms with van der Waals surface area (Å²) in [5, 5.41) is 16.9. The number of benzene rings is 4. The number of piperazine rings is 1. The van der Waals surface area contributed by atoms with Gasteiger partial charge in [-0.2, -0.15) is 5.10 Å². The van der Waals surface area contributed by atoms with Crippen LogP contribution in [-0.2, 0) is 13.1 Å². The first-order chi connectivity index (χ1) is 18.5. The molecule has 6 nitrogen and oxygen atoms in total. The fourth-order valence-corrected chi connectivity index (χ4v) is 5.01. The van der Waals surface area contributed by atoms with Crippen LogP contribution in [0.1, 0.15) is 27.0 Å². The van der Waals surface area contributed by atoms with Gasteiger partial charge in [0.2, 0.25) is 0 Å². The van der Waals surface area contributed by atoms with Crippen molar-refractivity contribution in [3.05, 3.63) is 111 Å². The van der Waals surface area contributed by atoms with Gasteiger partial charge in [0.05, 0.1) is 11.2 Å². The molecule has 8 heteroatoms. The van der Waals surface area contributed by atoms with Crippen LogP contribution in [0, 0.1) is 0 Å². The Morgan fingerprint density at radius 3 is 2.26 bits per heavy atom. The van der Waals surface area contributed by atoms with E-state index in [4.69, 9.17) is 23.2 Å². The third kappa shape index (κ3) is 6.34. The van der Waals surface area contributed by atoms with E-state index in [0.29, 0.717) is 5.56 Å². The van der Waals surface area contributed by atoms with Gasteiger partial charge in [-0.3, -0.25) is 14.6 Å². The van der Waals surface area contributed by atoms with Crippen molar-refractivity contribution in [2.45, 2.75) is 13.1 Å². The second kappa shape index (κ2) is 12.0. The minimum atomic E-state index is -0.403. The van der Waals surface area contributed by atoms with E-state index in [1.165, 1.54) is 34.7 Å². The zero-order valence-electron chi connectivity index (χ0n) is 20.8. The first kappa shape index (κ1) is 26.2. The summed E-state index contributed by atoms with van der Waals surface area (Å²) in [5.74, 6) is -0.475. The molecule has 0 aliphatic carbocycles. The summed E-state index contributed by atoms with van der Waals surface area (Å²) in [6, 6.07) is 24.8. The Morgan fingerprint density at radius 2 is 1.55 bits per heavy atom. The van der Waals surface area contributed by atoms with E-state index >= 15 is 0 Å². The van der Waals surface area contributed by atoms with Gasteiger partial charge in [0.25, 0.3) is 5.91 Å². The fourth-order valence-electron chi connectivity index (χ4n) is 4.70. The molecule has 2 N–H and O–H groups in total. The molecule has 4 aromatic carbocycles. The van der Waals surface area contributed by atoms with Crippen molar-refractivity contribution in [1.29, 1.82) is 0 Å². The summed E-state index contributed by atoms with van der Waals surface area (Å²) >= 11 is 11.9. The first-order valence-corrected chi connectivity index (χ1v) is 13.2. The number of nitrogens with zero attached hydrogens (tertiary/aromatic N) is 3. The Labute approximate surface area is 232 Å². The molecule has 1 fully saturated rings. The van der Waals surface area contributed by atoms with Gasteiger partial charge in [0.1, 0.15) is 5.75 Å². The highest BCUT2D eigenvalue weighted by molar-refractivity contribution is 6.32. The summed E-state index contributed by atoms with van der Waals surface area (Å²) in [6.45, 7) is 5.90. The number of hydrazone groups is 1. The molecule has 1 heterocycles. The average Bonchev–Trinajstić information content (AvgIpc) is 2.93. The normalized spacial score (nSPS) is 14.8. The Bertz CT molecular complexity index is 1470. The van der Waals surface area contributed by atoms with Gasteiger partial charge in [-0.05, 0) is 52.2 Å². The third-order valence-corrected chi connectivity index (χ3v) is 7.36. The second-order valence-corrected chi connectivity index (χ2v) is 10.2. The van der Waals surface area contributed by atoms with E-state index in [2.05, 4.69) is 50.7 Å². The topological polar surface area (TPSA) is 68.2 Å². The Kier molecular flexibility index (Phi) is 8.25. The van der Waals surface area contributed by atoms with Crippen LogP contribution >= 0.6 is 23.2 Å². The minimum Gasteiger partial charge on any atom is -0.506 e. The van der Waals surface area contributed by atoms with Crippen molar-refractivity contribution in [2.75, 3.05) is 26.2 Å². The monoisotopic (exact) mass is 546 g/mol. The van der Waals surface area contributed by atoms with Gasteiger partial charge in [-0.25, -0.2) is 5.43 Å². The number of carbonyl (C=O) groups excluding carboxylic acids is 1. The first-order valence-electron chi connectivity index (χ1n) is 12.5. The number of hydrogen-bond acceptors (Lipinski definition) is 5. The summed E-state index contributed by atoms with van der Waals surface area (Å²) < 4.78 is 0. The largest absolute Gasteiger partial charge is 0.506 e. The predicted octanol–water partition coefficient (Wildman–Crippen LogP) is 5.93. The number of amides is 1. The molecule has 194 valence electrons. The average molecular weight is 547 g/mol. The lowest BCUT2D eigenvalue weighted by molar-refractivity contribution is 0.0955. The molecule has 1 aliphatic heterocycles. The van der Waals surface area contributed by atoms with Crippen LogP contribution in [0.25, 0.3) is 10.8 Å². The zero-order chi connectivity index (χ0) is 26.5. The molecule has 0 aromatic heterocycles. The van der Waals surface area contributed by atoms with E-state index in [1.807, 2.05) is 30.3 Å². The highest BCUT2D eigenvalue weighted by Crippen LogP contribution is 2.25. The molecule has 0 saturated carbocycles. The molecular weight excluding hydrogens is 519 g/mol. The molecule has 0 unspecified atom stereocenters. The third-order valence-electron chi connectivity index (χ3n) is 6.81. The lowest BCUT2D eigenvalue weighted by atomic mass is 9.99. The summed E-state index contributed by atoms with van der Waals surface area (Å²) in [6.07, 6.45) is 1.65. The Morgan fingerprint density at radius 1 is 0.868 bits per heavy atom. The highest BCUT2D eigenvalue weighted by atomic mass is 35.5. The number of fused-ring (bicyclic) bond motifs is 1. The number of aromatic hydroxyl groups is 1. The maximum absolute atomic E-state index is 12.4. The number of nitrogens with one attached hydrogen (secondary N) is 1. The molecule has 1 amide bonds. The molecule has 0 atom stereocenters. The maximum Gasteiger partial charge on any atom is 0.271 e. The smallest absolute Gasteiger partial charge is 0.271 e. The Hall–Kier alpha value is -3.42. The summed E-state index contributed by atoms with van der Waals surface area (Å²) in [5.41, 5.74) is 6.33. The van der Waals surface area contributed by atoms with Crippen LogP contribution in [0.3, 0.4) is 0 Å². The number of hydrogen-bond donors (Lipinski definition) is 2. The molecule has 1 aliphatic rings. The lowest BCUT2D eigenvalue weighted by Gasteiger charge is -2.35.